The van der Waals surface area contributed by atoms with Gasteiger partial charge < -0.3 is 24.3 Å². The molecule has 2 aliphatic rings. The summed E-state index contributed by atoms with van der Waals surface area (Å²) in [6, 6.07) is 7.89. The molecule has 1 fully saturated rings. The van der Waals surface area contributed by atoms with Gasteiger partial charge in [-0.25, -0.2) is 0 Å². The molecule has 2 aromatic rings. The third-order valence-electron chi connectivity index (χ3n) is 6.80. The number of likely N-dealkylation sites (tertiary alicyclic amines) is 1. The monoisotopic (exact) mass is 481 g/mol. The summed E-state index contributed by atoms with van der Waals surface area (Å²) in [5.74, 6) is 0.926. The van der Waals surface area contributed by atoms with Gasteiger partial charge in [0.15, 0.2) is 11.5 Å². The van der Waals surface area contributed by atoms with E-state index in [1.807, 2.05) is 27.7 Å². The van der Waals surface area contributed by atoms with Crippen molar-refractivity contribution in [3.05, 3.63) is 47.3 Å². The minimum absolute atomic E-state index is 0. The first-order chi connectivity index (χ1) is 15.9. The van der Waals surface area contributed by atoms with E-state index in [2.05, 4.69) is 5.32 Å². The number of nitrogens with zero attached hydrogens (tertiary/aromatic N) is 2. The third kappa shape index (κ3) is 4.26. The molecule has 3 heterocycles. The van der Waals surface area contributed by atoms with E-state index in [0.29, 0.717) is 55.2 Å². The number of ether oxygens (including phenoxy) is 2. The molecule has 0 saturated carbocycles. The molecule has 188 valence electrons. The number of nitrogens with one attached hydrogen (secondary N) is 1. The SMILES string of the molecule is COc1cc(C(=O)N2CCC3(CC2)NCC(C)(C)n2c(C(F)(F)F)ccc23)ccc1OC(C)C.[HH]. The van der Waals surface area contributed by atoms with Gasteiger partial charge in [0.2, 0.25) is 0 Å². The van der Waals surface area contributed by atoms with Gasteiger partial charge >= 0.3 is 6.18 Å². The summed E-state index contributed by atoms with van der Waals surface area (Å²) in [5.41, 5.74) is -0.798. The van der Waals surface area contributed by atoms with Crippen molar-refractivity contribution in [2.75, 3.05) is 26.7 Å². The van der Waals surface area contributed by atoms with Crippen molar-refractivity contribution in [3.63, 3.8) is 0 Å². The van der Waals surface area contributed by atoms with Crippen LogP contribution >= 0.6 is 0 Å². The number of methoxy groups -OCH3 is 1. The highest BCUT2D eigenvalue weighted by atomic mass is 19.4. The molecule has 1 amide bonds. The first-order valence-corrected chi connectivity index (χ1v) is 11.6. The van der Waals surface area contributed by atoms with Gasteiger partial charge in [0.05, 0.1) is 24.3 Å². The normalized spacial score (nSPS) is 19.3. The molecule has 0 atom stereocenters. The van der Waals surface area contributed by atoms with E-state index in [0.717, 1.165) is 0 Å². The molecule has 9 heteroatoms. The second-order valence-electron chi connectivity index (χ2n) is 10.0. The number of rotatable bonds is 4. The first kappa shape index (κ1) is 24.4. The summed E-state index contributed by atoms with van der Waals surface area (Å²) in [4.78, 5) is 15.0. The number of carbonyl (C=O) groups excluding carboxylic acids is 1. The van der Waals surface area contributed by atoms with E-state index < -0.39 is 22.9 Å². The number of hydrogen-bond acceptors (Lipinski definition) is 4. The standard InChI is InChI=1S/C25H32F3N3O3.H2/c1-16(2)34-18-7-6-17(14-19(18)33-5)22(32)30-12-10-24(11-13-30)20-8-9-21(25(26,27)28)31(20)23(3,4)15-29-24;/h6-9,14,16,29H,10-13,15H2,1-5H3;1H. The summed E-state index contributed by atoms with van der Waals surface area (Å²) in [6.45, 7) is 8.73. The molecule has 1 aromatic carbocycles. The Hall–Kier alpha value is -2.68. The molecular weight excluding hydrogens is 447 g/mol. The Morgan fingerprint density at radius 1 is 1.12 bits per heavy atom. The van der Waals surface area contributed by atoms with Crippen LogP contribution in [-0.4, -0.2) is 48.2 Å². The average Bonchev–Trinajstić information content (AvgIpc) is 3.25. The zero-order valence-electron chi connectivity index (χ0n) is 20.3. The van der Waals surface area contributed by atoms with Crippen LogP contribution in [0.2, 0.25) is 0 Å². The lowest BCUT2D eigenvalue weighted by Crippen LogP contribution is -2.61. The number of fused-ring (bicyclic) bond motifs is 2. The highest BCUT2D eigenvalue weighted by Crippen LogP contribution is 2.44. The molecule has 1 saturated heterocycles. The summed E-state index contributed by atoms with van der Waals surface area (Å²) in [7, 11) is 1.53. The number of amides is 1. The Morgan fingerprint density at radius 3 is 2.38 bits per heavy atom. The number of carbonyl (C=O) groups is 1. The topological polar surface area (TPSA) is 55.7 Å². The molecule has 6 nitrogen and oxygen atoms in total. The maximum atomic E-state index is 13.7. The van der Waals surface area contributed by atoms with E-state index in [4.69, 9.17) is 9.47 Å². The highest BCUT2D eigenvalue weighted by molar-refractivity contribution is 5.95. The van der Waals surface area contributed by atoms with E-state index in [-0.39, 0.29) is 13.4 Å². The predicted octanol–water partition coefficient (Wildman–Crippen LogP) is 5.02. The van der Waals surface area contributed by atoms with Crippen LogP contribution in [-0.2, 0) is 17.3 Å². The van der Waals surface area contributed by atoms with E-state index >= 15 is 0 Å². The van der Waals surface area contributed by atoms with Crippen LogP contribution in [0.3, 0.4) is 0 Å². The molecule has 4 rings (SSSR count). The van der Waals surface area contributed by atoms with Gasteiger partial charge in [-0.15, -0.1) is 0 Å². The smallest absolute Gasteiger partial charge is 0.431 e. The van der Waals surface area contributed by atoms with Crippen LogP contribution in [0.15, 0.2) is 30.3 Å². The minimum atomic E-state index is -4.42. The van der Waals surface area contributed by atoms with Gasteiger partial charge in [-0.3, -0.25) is 4.79 Å². The van der Waals surface area contributed by atoms with Crippen LogP contribution in [0.5, 0.6) is 11.5 Å². The first-order valence-electron chi connectivity index (χ1n) is 11.6. The molecule has 0 bridgehead atoms. The number of benzene rings is 1. The van der Waals surface area contributed by atoms with Crippen LogP contribution in [0, 0.1) is 0 Å². The van der Waals surface area contributed by atoms with Crippen molar-refractivity contribution in [2.24, 2.45) is 0 Å². The van der Waals surface area contributed by atoms with E-state index in [1.54, 1.807) is 29.2 Å². The van der Waals surface area contributed by atoms with Crippen molar-refractivity contribution >= 4 is 5.91 Å². The maximum absolute atomic E-state index is 13.7. The minimum Gasteiger partial charge on any atom is -0.493 e. The van der Waals surface area contributed by atoms with Gasteiger partial charge in [0.1, 0.15) is 5.69 Å². The quantitative estimate of drug-likeness (QED) is 0.667. The summed E-state index contributed by atoms with van der Waals surface area (Å²) in [5, 5.41) is 3.53. The lowest BCUT2D eigenvalue weighted by atomic mass is 9.80. The molecule has 2 aliphatic heterocycles. The van der Waals surface area contributed by atoms with Crippen molar-refractivity contribution in [1.82, 2.24) is 14.8 Å². The van der Waals surface area contributed by atoms with Crippen molar-refractivity contribution < 1.29 is 28.9 Å². The largest absolute Gasteiger partial charge is 0.493 e. The lowest BCUT2D eigenvalue weighted by Gasteiger charge is -2.50. The number of halogens is 3. The van der Waals surface area contributed by atoms with Gasteiger partial charge in [-0.1, -0.05) is 0 Å². The van der Waals surface area contributed by atoms with Gasteiger partial charge in [0, 0.05) is 32.3 Å². The van der Waals surface area contributed by atoms with Crippen LogP contribution in [0.25, 0.3) is 0 Å². The van der Waals surface area contributed by atoms with Crippen LogP contribution in [0.1, 0.15) is 63.7 Å². The fraction of sp³-hybridized carbons (Fsp3) is 0.560. The van der Waals surface area contributed by atoms with Crippen LogP contribution < -0.4 is 14.8 Å². The zero-order chi connectivity index (χ0) is 24.9. The summed E-state index contributed by atoms with van der Waals surface area (Å²) < 4.78 is 53.7. The predicted molar refractivity (Wildman–Crippen MR) is 124 cm³/mol. The Kier molecular flexibility index (Phi) is 6.12. The summed E-state index contributed by atoms with van der Waals surface area (Å²) in [6.07, 6.45) is -3.39. The number of piperidine rings is 1. The van der Waals surface area contributed by atoms with Gasteiger partial charge in [-0.2, -0.15) is 13.2 Å². The average molecular weight is 482 g/mol. The lowest BCUT2D eigenvalue weighted by molar-refractivity contribution is -0.146. The van der Waals surface area contributed by atoms with Gasteiger partial charge in [0.25, 0.3) is 5.91 Å². The van der Waals surface area contributed by atoms with Gasteiger partial charge in [-0.05, 0) is 70.9 Å². The molecular formula is C25H34F3N3O3. The number of hydrogen-bond donors (Lipinski definition) is 1. The molecule has 1 spiro atoms. The third-order valence-corrected chi connectivity index (χ3v) is 6.80. The van der Waals surface area contributed by atoms with Crippen molar-refractivity contribution in [2.45, 2.75) is 63.9 Å². The zero-order valence-corrected chi connectivity index (χ0v) is 20.3. The second-order valence-corrected chi connectivity index (χ2v) is 10.0. The van der Waals surface area contributed by atoms with E-state index in [1.165, 1.54) is 17.7 Å². The molecule has 1 N–H and O–H groups in total. The molecule has 0 aliphatic carbocycles. The van der Waals surface area contributed by atoms with Crippen LogP contribution in [0.4, 0.5) is 13.2 Å². The highest BCUT2D eigenvalue weighted by Gasteiger charge is 2.49. The Morgan fingerprint density at radius 2 is 1.79 bits per heavy atom. The number of alkyl halides is 3. The molecule has 1 aromatic heterocycles. The van der Waals surface area contributed by atoms with Crippen molar-refractivity contribution in [1.29, 1.82) is 0 Å². The summed E-state index contributed by atoms with van der Waals surface area (Å²) >= 11 is 0. The maximum Gasteiger partial charge on any atom is 0.431 e. The van der Waals surface area contributed by atoms with E-state index in [9.17, 15) is 18.0 Å². The fourth-order valence-corrected chi connectivity index (χ4v) is 5.10. The molecule has 0 radical (unpaired) electrons. The number of aromatic nitrogens is 1. The van der Waals surface area contributed by atoms with Crippen molar-refractivity contribution in [3.8, 4) is 11.5 Å². The molecule has 0 unspecified atom stereocenters. The fourth-order valence-electron chi connectivity index (χ4n) is 5.10. The Bertz CT molecular complexity index is 1070. The Balaban J connectivity index is 0.00000342. The second kappa shape index (κ2) is 8.52. The Labute approximate surface area is 199 Å². The molecule has 34 heavy (non-hydrogen) atoms.